The van der Waals surface area contributed by atoms with E-state index in [2.05, 4.69) is 21.2 Å². The van der Waals surface area contributed by atoms with Crippen molar-refractivity contribution in [1.82, 2.24) is 0 Å². The molecule has 0 radical (unpaired) electrons. The molecule has 0 aliphatic carbocycles. The van der Waals surface area contributed by atoms with Crippen LogP contribution in [0.2, 0.25) is 0 Å². The second-order valence-corrected chi connectivity index (χ2v) is 6.84. The second kappa shape index (κ2) is 6.98. The highest BCUT2D eigenvalue weighted by molar-refractivity contribution is 9.11. The van der Waals surface area contributed by atoms with Crippen LogP contribution in [0.1, 0.15) is 10.4 Å². The van der Waals surface area contributed by atoms with Gasteiger partial charge in [0, 0.05) is 10.6 Å². The summed E-state index contributed by atoms with van der Waals surface area (Å²) in [4.78, 5) is 12.7. The van der Waals surface area contributed by atoms with E-state index < -0.39 is 17.6 Å². The van der Waals surface area contributed by atoms with Gasteiger partial charge in [-0.2, -0.15) is 18.4 Å². The first-order chi connectivity index (χ1) is 10.8. The van der Waals surface area contributed by atoms with Crippen molar-refractivity contribution in [3.63, 3.8) is 0 Å². The number of halogens is 4. The van der Waals surface area contributed by atoms with Crippen LogP contribution in [0.25, 0.3) is 6.08 Å². The molecule has 0 saturated heterocycles. The number of nitrogens with zero attached hydrogens (tertiary/aromatic N) is 1. The zero-order valence-corrected chi connectivity index (χ0v) is 13.7. The molecule has 1 aromatic carbocycles. The number of amides is 1. The van der Waals surface area contributed by atoms with Crippen LogP contribution in [-0.4, -0.2) is 5.91 Å². The molecular weight excluding hydrogens is 393 g/mol. The third-order valence-electron chi connectivity index (χ3n) is 2.69. The molecule has 118 valence electrons. The predicted molar refractivity (Wildman–Crippen MR) is 85.7 cm³/mol. The van der Waals surface area contributed by atoms with Crippen LogP contribution in [0.5, 0.6) is 0 Å². The Kier molecular flexibility index (Phi) is 5.23. The SMILES string of the molecule is N#C/C(=C\c1ccc(Br)s1)C(=O)Nc1cccc(C(F)(F)F)c1. The van der Waals surface area contributed by atoms with Gasteiger partial charge in [-0.25, -0.2) is 0 Å². The van der Waals surface area contributed by atoms with Crippen LogP contribution >= 0.6 is 27.3 Å². The zero-order valence-electron chi connectivity index (χ0n) is 11.3. The van der Waals surface area contributed by atoms with Gasteiger partial charge < -0.3 is 5.32 Å². The van der Waals surface area contributed by atoms with Crippen LogP contribution in [0, 0.1) is 11.3 Å². The number of carbonyl (C=O) groups is 1. The molecule has 0 unspecified atom stereocenters. The number of nitriles is 1. The summed E-state index contributed by atoms with van der Waals surface area (Å²) >= 11 is 4.58. The Hall–Kier alpha value is -2.11. The molecule has 0 saturated carbocycles. The standard InChI is InChI=1S/C15H8BrF3N2OS/c16-13-5-4-12(23-13)6-9(8-20)14(22)21-11-3-1-2-10(7-11)15(17,18)19/h1-7H,(H,21,22)/b9-6+. The second-order valence-electron chi connectivity index (χ2n) is 4.34. The highest BCUT2D eigenvalue weighted by atomic mass is 79.9. The highest BCUT2D eigenvalue weighted by Gasteiger charge is 2.30. The van der Waals surface area contributed by atoms with Crippen molar-refractivity contribution in [3.8, 4) is 6.07 Å². The van der Waals surface area contributed by atoms with Gasteiger partial charge in [0.1, 0.15) is 11.6 Å². The fourth-order valence-electron chi connectivity index (χ4n) is 1.67. The quantitative estimate of drug-likeness (QED) is 0.577. The molecule has 1 heterocycles. The summed E-state index contributed by atoms with van der Waals surface area (Å²) in [6.45, 7) is 0. The molecule has 0 atom stereocenters. The third kappa shape index (κ3) is 4.68. The Balaban J connectivity index is 2.21. The highest BCUT2D eigenvalue weighted by Crippen LogP contribution is 2.31. The number of benzene rings is 1. The monoisotopic (exact) mass is 400 g/mol. The Bertz CT molecular complexity index is 806. The zero-order chi connectivity index (χ0) is 17.0. The maximum Gasteiger partial charge on any atom is 0.416 e. The minimum absolute atomic E-state index is 0.0293. The molecule has 1 amide bonds. The Morgan fingerprint density at radius 1 is 1.30 bits per heavy atom. The van der Waals surface area contributed by atoms with E-state index in [-0.39, 0.29) is 11.3 Å². The van der Waals surface area contributed by atoms with E-state index in [1.54, 1.807) is 18.2 Å². The molecule has 0 bridgehead atoms. The van der Waals surface area contributed by atoms with Gasteiger partial charge in [-0.05, 0) is 52.3 Å². The summed E-state index contributed by atoms with van der Waals surface area (Å²) in [5.41, 5.74) is -1.10. The van der Waals surface area contributed by atoms with E-state index in [0.717, 1.165) is 15.9 Å². The van der Waals surface area contributed by atoms with Gasteiger partial charge in [0.25, 0.3) is 5.91 Å². The molecular formula is C15H8BrF3N2OS. The molecule has 8 heteroatoms. The maximum absolute atomic E-state index is 12.6. The van der Waals surface area contributed by atoms with Crippen molar-refractivity contribution in [2.45, 2.75) is 6.18 Å². The van der Waals surface area contributed by atoms with E-state index in [4.69, 9.17) is 5.26 Å². The van der Waals surface area contributed by atoms with E-state index >= 15 is 0 Å². The lowest BCUT2D eigenvalue weighted by atomic mass is 10.1. The Labute approximate surface area is 142 Å². The maximum atomic E-state index is 12.6. The summed E-state index contributed by atoms with van der Waals surface area (Å²) in [7, 11) is 0. The molecule has 2 aromatic rings. The largest absolute Gasteiger partial charge is 0.416 e. The molecule has 0 spiro atoms. The van der Waals surface area contributed by atoms with Gasteiger partial charge in [0.05, 0.1) is 9.35 Å². The topological polar surface area (TPSA) is 52.9 Å². The molecule has 23 heavy (non-hydrogen) atoms. The van der Waals surface area contributed by atoms with Crippen molar-refractivity contribution in [1.29, 1.82) is 5.26 Å². The van der Waals surface area contributed by atoms with Crippen LogP contribution in [-0.2, 0) is 11.0 Å². The van der Waals surface area contributed by atoms with Crippen molar-refractivity contribution in [2.75, 3.05) is 5.32 Å². The molecule has 1 aromatic heterocycles. The molecule has 0 fully saturated rings. The fourth-order valence-corrected chi connectivity index (χ4v) is 3.04. The van der Waals surface area contributed by atoms with Crippen molar-refractivity contribution >= 4 is 44.9 Å². The number of hydrogen-bond donors (Lipinski definition) is 1. The van der Waals surface area contributed by atoms with Gasteiger partial charge in [-0.1, -0.05) is 6.07 Å². The number of rotatable bonds is 3. The number of carbonyl (C=O) groups excluding carboxylic acids is 1. The fraction of sp³-hybridized carbons (Fsp3) is 0.0667. The minimum atomic E-state index is -4.50. The lowest BCUT2D eigenvalue weighted by molar-refractivity contribution is -0.137. The van der Waals surface area contributed by atoms with Crippen LogP contribution < -0.4 is 5.32 Å². The predicted octanol–water partition coefficient (Wildman–Crippen LogP) is 5.08. The van der Waals surface area contributed by atoms with Crippen molar-refractivity contribution in [3.05, 3.63) is 56.2 Å². The lowest BCUT2D eigenvalue weighted by Gasteiger charge is -2.09. The normalized spacial score (nSPS) is 11.9. The lowest BCUT2D eigenvalue weighted by Crippen LogP contribution is -2.14. The molecule has 3 nitrogen and oxygen atoms in total. The number of anilines is 1. The molecule has 0 aliphatic rings. The average Bonchev–Trinajstić information content (AvgIpc) is 2.89. The number of hydrogen-bond acceptors (Lipinski definition) is 3. The van der Waals surface area contributed by atoms with Crippen LogP contribution in [0.3, 0.4) is 0 Å². The first kappa shape index (κ1) is 17.2. The smallest absolute Gasteiger partial charge is 0.321 e. The van der Waals surface area contributed by atoms with E-state index in [1.165, 1.54) is 29.5 Å². The summed E-state index contributed by atoms with van der Waals surface area (Å²) in [6.07, 6.45) is -3.13. The first-order valence-corrected chi connectivity index (χ1v) is 7.76. The summed E-state index contributed by atoms with van der Waals surface area (Å²) in [5.74, 6) is -0.767. The van der Waals surface area contributed by atoms with Gasteiger partial charge in [-0.3, -0.25) is 4.79 Å². The van der Waals surface area contributed by atoms with Gasteiger partial charge in [0.15, 0.2) is 0 Å². The van der Waals surface area contributed by atoms with Crippen LogP contribution in [0.4, 0.5) is 18.9 Å². The van der Waals surface area contributed by atoms with Crippen molar-refractivity contribution in [2.24, 2.45) is 0 Å². The Morgan fingerprint density at radius 2 is 2.04 bits per heavy atom. The van der Waals surface area contributed by atoms with Gasteiger partial charge in [-0.15, -0.1) is 11.3 Å². The molecule has 2 rings (SSSR count). The molecule has 0 aliphatic heterocycles. The average molecular weight is 401 g/mol. The summed E-state index contributed by atoms with van der Waals surface area (Å²) < 4.78 is 38.8. The number of nitrogens with one attached hydrogen (secondary N) is 1. The van der Waals surface area contributed by atoms with Gasteiger partial charge in [0.2, 0.25) is 0 Å². The molecule has 1 N–H and O–H groups in total. The van der Waals surface area contributed by atoms with Crippen molar-refractivity contribution < 1.29 is 18.0 Å². The first-order valence-electron chi connectivity index (χ1n) is 6.15. The van der Waals surface area contributed by atoms with E-state index in [1.807, 2.05) is 0 Å². The number of alkyl halides is 3. The third-order valence-corrected chi connectivity index (χ3v) is 4.26. The van der Waals surface area contributed by atoms with E-state index in [9.17, 15) is 18.0 Å². The van der Waals surface area contributed by atoms with Crippen LogP contribution in [0.15, 0.2) is 45.8 Å². The van der Waals surface area contributed by atoms with E-state index in [0.29, 0.717) is 4.88 Å². The number of thiophene rings is 1. The minimum Gasteiger partial charge on any atom is -0.321 e. The summed E-state index contributed by atoms with van der Waals surface area (Å²) in [6, 6.07) is 9.44. The Morgan fingerprint density at radius 3 is 2.61 bits per heavy atom. The van der Waals surface area contributed by atoms with Gasteiger partial charge >= 0.3 is 6.18 Å². The summed E-state index contributed by atoms with van der Waals surface area (Å²) in [5, 5.41) is 11.4.